The lowest BCUT2D eigenvalue weighted by atomic mass is 9.96. The first-order chi connectivity index (χ1) is 13.6. The standard InChI is InChI=1S/C21H31N3O4/c1-16(14-20(25)22-17-8-6-4-3-5-7-9-17)23-24-21(26)15-28-19-12-10-18(27-2)11-13-19/h10-13,17H,3-9,14-15H2,1-2H3,(H,22,25)(H,24,26)/b23-16+. The van der Waals surface area contributed by atoms with Crippen LogP contribution in [0.2, 0.25) is 0 Å². The molecule has 2 amide bonds. The van der Waals surface area contributed by atoms with Gasteiger partial charge >= 0.3 is 0 Å². The van der Waals surface area contributed by atoms with Gasteiger partial charge in [-0.15, -0.1) is 0 Å². The number of hydrogen-bond donors (Lipinski definition) is 2. The number of rotatable bonds is 8. The van der Waals surface area contributed by atoms with Crippen molar-refractivity contribution in [1.82, 2.24) is 10.7 Å². The highest BCUT2D eigenvalue weighted by atomic mass is 16.5. The molecule has 0 spiro atoms. The molecule has 1 aromatic rings. The molecule has 1 saturated carbocycles. The summed E-state index contributed by atoms with van der Waals surface area (Å²) in [6.07, 6.45) is 8.40. The number of ether oxygens (including phenoxy) is 2. The number of methoxy groups -OCH3 is 1. The number of carbonyl (C=O) groups is 2. The Morgan fingerprint density at radius 3 is 2.25 bits per heavy atom. The summed E-state index contributed by atoms with van der Waals surface area (Å²) in [5.74, 6) is 0.857. The van der Waals surface area contributed by atoms with Crippen LogP contribution in [0.25, 0.3) is 0 Å². The molecule has 1 fully saturated rings. The van der Waals surface area contributed by atoms with E-state index in [9.17, 15) is 9.59 Å². The lowest BCUT2D eigenvalue weighted by Gasteiger charge is -2.21. The van der Waals surface area contributed by atoms with E-state index in [1.807, 2.05) is 0 Å². The average Bonchev–Trinajstić information content (AvgIpc) is 2.67. The van der Waals surface area contributed by atoms with Crippen LogP contribution in [0.1, 0.15) is 58.3 Å². The van der Waals surface area contributed by atoms with Crippen LogP contribution in [0, 0.1) is 0 Å². The van der Waals surface area contributed by atoms with Gasteiger partial charge in [-0.2, -0.15) is 5.10 Å². The molecule has 0 heterocycles. The third-order valence-corrected chi connectivity index (χ3v) is 4.69. The van der Waals surface area contributed by atoms with Crippen molar-refractivity contribution in [3.63, 3.8) is 0 Å². The minimum Gasteiger partial charge on any atom is -0.497 e. The van der Waals surface area contributed by atoms with Crippen molar-refractivity contribution < 1.29 is 19.1 Å². The Hall–Kier alpha value is -2.57. The van der Waals surface area contributed by atoms with Crippen LogP contribution in [0.5, 0.6) is 11.5 Å². The van der Waals surface area contributed by atoms with Crippen LogP contribution >= 0.6 is 0 Å². The molecule has 1 aliphatic carbocycles. The highest BCUT2D eigenvalue weighted by Crippen LogP contribution is 2.17. The summed E-state index contributed by atoms with van der Waals surface area (Å²) in [6.45, 7) is 1.57. The first kappa shape index (κ1) is 21.7. The molecule has 0 unspecified atom stereocenters. The summed E-state index contributed by atoms with van der Waals surface area (Å²) in [5.41, 5.74) is 2.98. The summed E-state index contributed by atoms with van der Waals surface area (Å²) >= 11 is 0. The van der Waals surface area contributed by atoms with Crippen LogP contribution in [-0.4, -0.2) is 37.3 Å². The predicted molar refractivity (Wildman–Crippen MR) is 109 cm³/mol. The zero-order valence-corrected chi connectivity index (χ0v) is 16.8. The van der Waals surface area contributed by atoms with Gasteiger partial charge < -0.3 is 14.8 Å². The minimum atomic E-state index is -0.379. The molecule has 1 aliphatic rings. The summed E-state index contributed by atoms with van der Waals surface area (Å²) < 4.78 is 10.5. The Bertz CT molecular complexity index is 650. The third kappa shape index (κ3) is 8.41. The van der Waals surface area contributed by atoms with Gasteiger partial charge in [0.15, 0.2) is 6.61 Å². The van der Waals surface area contributed by atoms with Gasteiger partial charge in [-0.25, -0.2) is 5.43 Å². The van der Waals surface area contributed by atoms with Crippen molar-refractivity contribution >= 4 is 17.5 Å². The Morgan fingerprint density at radius 2 is 1.61 bits per heavy atom. The number of hydrazone groups is 1. The number of carbonyl (C=O) groups excluding carboxylic acids is 2. The number of benzene rings is 1. The molecular weight excluding hydrogens is 358 g/mol. The van der Waals surface area contributed by atoms with Crippen molar-refractivity contribution in [1.29, 1.82) is 0 Å². The van der Waals surface area contributed by atoms with Gasteiger partial charge in [0.1, 0.15) is 11.5 Å². The molecule has 28 heavy (non-hydrogen) atoms. The van der Waals surface area contributed by atoms with Crippen molar-refractivity contribution in [3.8, 4) is 11.5 Å². The maximum Gasteiger partial charge on any atom is 0.277 e. The Kier molecular flexibility index (Phi) is 9.31. The van der Waals surface area contributed by atoms with E-state index in [4.69, 9.17) is 9.47 Å². The number of amides is 2. The molecule has 2 N–H and O–H groups in total. The van der Waals surface area contributed by atoms with E-state index >= 15 is 0 Å². The summed E-state index contributed by atoms with van der Waals surface area (Å²) in [6, 6.07) is 7.21. The van der Waals surface area contributed by atoms with Gasteiger partial charge in [0.2, 0.25) is 5.91 Å². The van der Waals surface area contributed by atoms with Crippen LogP contribution in [0.3, 0.4) is 0 Å². The van der Waals surface area contributed by atoms with E-state index < -0.39 is 0 Å². The van der Waals surface area contributed by atoms with Crippen LogP contribution in [0.15, 0.2) is 29.4 Å². The molecule has 2 rings (SSSR count). The normalized spacial score (nSPS) is 15.9. The minimum absolute atomic E-state index is 0.0458. The molecule has 0 aliphatic heterocycles. The first-order valence-electron chi connectivity index (χ1n) is 9.95. The molecule has 0 bridgehead atoms. The van der Waals surface area contributed by atoms with E-state index in [1.165, 1.54) is 32.1 Å². The van der Waals surface area contributed by atoms with Crippen molar-refractivity contribution in [2.24, 2.45) is 5.10 Å². The lowest BCUT2D eigenvalue weighted by Crippen LogP contribution is -2.36. The summed E-state index contributed by atoms with van der Waals surface area (Å²) in [5, 5.41) is 7.08. The Balaban J connectivity index is 1.68. The second-order valence-corrected chi connectivity index (χ2v) is 7.13. The maximum absolute atomic E-state index is 12.2. The van der Waals surface area contributed by atoms with Crippen molar-refractivity contribution in [2.75, 3.05) is 13.7 Å². The van der Waals surface area contributed by atoms with Crippen LogP contribution < -0.4 is 20.2 Å². The Morgan fingerprint density at radius 1 is 1.00 bits per heavy atom. The quantitative estimate of drug-likeness (QED) is 0.528. The fourth-order valence-electron chi connectivity index (χ4n) is 3.16. The molecule has 154 valence electrons. The maximum atomic E-state index is 12.2. The molecular formula is C21H31N3O4. The van der Waals surface area contributed by atoms with Crippen LogP contribution in [0.4, 0.5) is 0 Å². The van der Waals surface area contributed by atoms with Gasteiger partial charge in [-0.05, 0) is 44.0 Å². The topological polar surface area (TPSA) is 89.0 Å². The number of nitrogens with one attached hydrogen (secondary N) is 2. The fourth-order valence-corrected chi connectivity index (χ4v) is 3.16. The largest absolute Gasteiger partial charge is 0.497 e. The monoisotopic (exact) mass is 389 g/mol. The fraction of sp³-hybridized carbons (Fsp3) is 0.571. The smallest absolute Gasteiger partial charge is 0.277 e. The SMILES string of the molecule is COc1ccc(OCC(=O)N/N=C(\C)CC(=O)NC2CCCCCCC2)cc1. The lowest BCUT2D eigenvalue weighted by molar-refractivity contribution is -0.123. The molecule has 7 heteroatoms. The second-order valence-electron chi connectivity index (χ2n) is 7.13. The van der Waals surface area contributed by atoms with E-state index in [1.54, 1.807) is 38.3 Å². The van der Waals surface area contributed by atoms with E-state index in [0.717, 1.165) is 18.6 Å². The molecule has 1 aromatic carbocycles. The van der Waals surface area contributed by atoms with Gasteiger partial charge in [0, 0.05) is 11.8 Å². The number of nitrogens with zero attached hydrogens (tertiary/aromatic N) is 1. The zero-order valence-electron chi connectivity index (χ0n) is 16.8. The van der Waals surface area contributed by atoms with Crippen molar-refractivity contribution in [2.45, 2.75) is 64.3 Å². The van der Waals surface area contributed by atoms with E-state index in [0.29, 0.717) is 11.5 Å². The highest BCUT2D eigenvalue weighted by molar-refractivity contribution is 6.00. The molecule has 0 aromatic heterocycles. The summed E-state index contributed by atoms with van der Waals surface area (Å²) in [7, 11) is 1.59. The second kappa shape index (κ2) is 12.0. The Labute approximate surface area is 166 Å². The van der Waals surface area contributed by atoms with Crippen LogP contribution in [-0.2, 0) is 9.59 Å². The average molecular weight is 389 g/mol. The molecule has 0 atom stereocenters. The first-order valence-corrected chi connectivity index (χ1v) is 9.95. The van der Waals surface area contributed by atoms with Crippen molar-refractivity contribution in [3.05, 3.63) is 24.3 Å². The summed E-state index contributed by atoms with van der Waals surface area (Å²) in [4.78, 5) is 24.0. The van der Waals surface area contributed by atoms with Gasteiger partial charge in [0.05, 0.1) is 13.5 Å². The molecule has 0 radical (unpaired) electrons. The van der Waals surface area contributed by atoms with Gasteiger partial charge in [-0.3, -0.25) is 9.59 Å². The van der Waals surface area contributed by atoms with E-state index in [-0.39, 0.29) is 30.9 Å². The molecule has 0 saturated heterocycles. The zero-order chi connectivity index (χ0) is 20.2. The molecule has 7 nitrogen and oxygen atoms in total. The highest BCUT2D eigenvalue weighted by Gasteiger charge is 2.14. The third-order valence-electron chi connectivity index (χ3n) is 4.69. The van der Waals surface area contributed by atoms with E-state index in [2.05, 4.69) is 15.8 Å². The van der Waals surface area contributed by atoms with Gasteiger partial charge in [0.25, 0.3) is 5.91 Å². The number of hydrogen-bond acceptors (Lipinski definition) is 5. The predicted octanol–water partition coefficient (Wildman–Crippen LogP) is 3.19. The van der Waals surface area contributed by atoms with Gasteiger partial charge in [-0.1, -0.05) is 32.1 Å².